The van der Waals surface area contributed by atoms with Crippen LogP contribution in [0.5, 0.6) is 0 Å². The summed E-state index contributed by atoms with van der Waals surface area (Å²) in [4.78, 5) is 16.2. The molecule has 0 atom stereocenters. The molecule has 0 N–H and O–H groups in total. The molecule has 8 heteroatoms. The summed E-state index contributed by atoms with van der Waals surface area (Å²) in [6, 6.07) is 3.84. The highest BCUT2D eigenvalue weighted by molar-refractivity contribution is 7.17. The first-order valence-corrected chi connectivity index (χ1v) is 7.45. The quantitative estimate of drug-likeness (QED) is 0.864. The molecule has 3 heterocycles. The van der Waals surface area contributed by atoms with E-state index >= 15 is 0 Å². The maximum Gasteiger partial charge on any atom is 0.284 e. The van der Waals surface area contributed by atoms with Gasteiger partial charge < -0.3 is 9.32 Å². The normalized spacial score (nSPS) is 16.6. The van der Waals surface area contributed by atoms with Crippen LogP contribution >= 0.6 is 22.9 Å². The van der Waals surface area contributed by atoms with Gasteiger partial charge in [0.05, 0.1) is 12.8 Å². The highest BCUT2D eigenvalue weighted by atomic mass is 35.5. The third kappa shape index (κ3) is 3.00. The first kappa shape index (κ1) is 13.5. The van der Waals surface area contributed by atoms with Crippen molar-refractivity contribution in [2.24, 2.45) is 0 Å². The van der Waals surface area contributed by atoms with E-state index in [1.54, 1.807) is 11.2 Å². The van der Waals surface area contributed by atoms with E-state index in [1.165, 1.54) is 0 Å². The van der Waals surface area contributed by atoms with Crippen LogP contribution in [0.4, 0.5) is 0 Å². The summed E-state index contributed by atoms with van der Waals surface area (Å²) in [5, 5.41) is 7.80. The largest absolute Gasteiger partial charge is 0.468 e. The highest BCUT2D eigenvalue weighted by Crippen LogP contribution is 2.18. The number of halogens is 1. The van der Waals surface area contributed by atoms with Crippen LogP contribution in [0.3, 0.4) is 0 Å². The SMILES string of the molecule is O=C(c1nnc(Cl)s1)N1CCN(Cc2ccco2)CC1. The van der Waals surface area contributed by atoms with Crippen LogP contribution in [0.1, 0.15) is 15.6 Å². The number of carbonyl (C=O) groups excluding carboxylic acids is 1. The van der Waals surface area contributed by atoms with Crippen LogP contribution < -0.4 is 0 Å². The highest BCUT2D eigenvalue weighted by Gasteiger charge is 2.24. The second-order valence-electron chi connectivity index (χ2n) is 4.51. The van der Waals surface area contributed by atoms with E-state index in [2.05, 4.69) is 15.1 Å². The molecular weight excluding hydrogens is 300 g/mol. The van der Waals surface area contributed by atoms with Crippen molar-refractivity contribution in [3.05, 3.63) is 33.6 Å². The summed E-state index contributed by atoms with van der Waals surface area (Å²) in [6.45, 7) is 3.77. The van der Waals surface area contributed by atoms with Gasteiger partial charge in [-0.1, -0.05) is 11.3 Å². The van der Waals surface area contributed by atoms with Gasteiger partial charge in [-0.25, -0.2) is 0 Å². The second-order valence-corrected chi connectivity index (χ2v) is 6.07. The Balaban J connectivity index is 1.54. The van der Waals surface area contributed by atoms with E-state index in [0.29, 0.717) is 22.6 Å². The summed E-state index contributed by atoms with van der Waals surface area (Å²) in [5.41, 5.74) is 0. The monoisotopic (exact) mass is 312 g/mol. The minimum absolute atomic E-state index is 0.0907. The molecule has 2 aromatic rings. The van der Waals surface area contributed by atoms with Crippen LogP contribution in [0.2, 0.25) is 4.47 Å². The third-order valence-corrected chi connectivity index (χ3v) is 4.21. The molecule has 0 aliphatic carbocycles. The van der Waals surface area contributed by atoms with Gasteiger partial charge in [-0.15, -0.1) is 10.2 Å². The molecule has 0 radical (unpaired) electrons. The Morgan fingerprint density at radius 1 is 1.35 bits per heavy atom. The number of carbonyl (C=O) groups is 1. The number of hydrogen-bond donors (Lipinski definition) is 0. The van der Waals surface area contributed by atoms with Gasteiger partial charge in [0, 0.05) is 26.2 Å². The van der Waals surface area contributed by atoms with Crippen molar-refractivity contribution in [1.82, 2.24) is 20.0 Å². The van der Waals surface area contributed by atoms with Gasteiger partial charge in [-0.05, 0) is 23.7 Å². The van der Waals surface area contributed by atoms with Crippen molar-refractivity contribution in [3.63, 3.8) is 0 Å². The molecule has 0 bridgehead atoms. The molecule has 0 spiro atoms. The molecule has 1 saturated heterocycles. The Labute approximate surface area is 124 Å². The van der Waals surface area contributed by atoms with Crippen molar-refractivity contribution in [2.45, 2.75) is 6.54 Å². The Morgan fingerprint density at radius 2 is 2.15 bits per heavy atom. The molecule has 3 rings (SSSR count). The molecular formula is C12H13ClN4O2S. The van der Waals surface area contributed by atoms with Crippen LogP contribution in [0.25, 0.3) is 0 Å². The maximum absolute atomic E-state index is 12.2. The fourth-order valence-electron chi connectivity index (χ4n) is 2.16. The van der Waals surface area contributed by atoms with Crippen molar-refractivity contribution in [3.8, 4) is 0 Å². The molecule has 106 valence electrons. The average Bonchev–Trinajstić information content (AvgIpc) is 3.10. The molecule has 1 aliphatic rings. The summed E-state index contributed by atoms with van der Waals surface area (Å²) in [6.07, 6.45) is 1.67. The zero-order chi connectivity index (χ0) is 13.9. The zero-order valence-corrected chi connectivity index (χ0v) is 12.2. The number of nitrogens with zero attached hydrogens (tertiary/aromatic N) is 4. The first-order chi connectivity index (χ1) is 9.72. The molecule has 6 nitrogen and oxygen atoms in total. The third-order valence-electron chi connectivity index (χ3n) is 3.20. The smallest absolute Gasteiger partial charge is 0.284 e. The molecule has 0 saturated carbocycles. The summed E-state index contributed by atoms with van der Waals surface area (Å²) in [5.74, 6) is 0.854. The van der Waals surface area contributed by atoms with Crippen molar-refractivity contribution >= 4 is 28.8 Å². The zero-order valence-electron chi connectivity index (χ0n) is 10.7. The fraction of sp³-hybridized carbons (Fsp3) is 0.417. The molecule has 1 aliphatic heterocycles. The maximum atomic E-state index is 12.2. The predicted molar refractivity (Wildman–Crippen MR) is 74.8 cm³/mol. The Morgan fingerprint density at radius 3 is 2.75 bits per heavy atom. The lowest BCUT2D eigenvalue weighted by molar-refractivity contribution is 0.0619. The van der Waals surface area contributed by atoms with Gasteiger partial charge in [0.2, 0.25) is 9.47 Å². The van der Waals surface area contributed by atoms with Crippen molar-refractivity contribution in [2.75, 3.05) is 26.2 Å². The van der Waals surface area contributed by atoms with Crippen molar-refractivity contribution < 1.29 is 9.21 Å². The molecule has 20 heavy (non-hydrogen) atoms. The minimum atomic E-state index is -0.0907. The molecule has 1 amide bonds. The van der Waals surface area contributed by atoms with Crippen molar-refractivity contribution in [1.29, 1.82) is 0 Å². The Kier molecular flexibility index (Phi) is 4.00. The van der Waals surface area contributed by atoms with Gasteiger partial charge in [-0.2, -0.15) is 0 Å². The van der Waals surface area contributed by atoms with E-state index in [9.17, 15) is 4.79 Å². The average molecular weight is 313 g/mol. The number of piperazine rings is 1. The van der Waals surface area contributed by atoms with Gasteiger partial charge in [0.25, 0.3) is 5.91 Å². The van der Waals surface area contributed by atoms with Crippen LogP contribution in [-0.4, -0.2) is 52.1 Å². The fourth-order valence-corrected chi connectivity index (χ4v) is 2.96. The lowest BCUT2D eigenvalue weighted by atomic mass is 10.3. The molecule has 0 unspecified atom stereocenters. The molecule has 1 fully saturated rings. The lowest BCUT2D eigenvalue weighted by Gasteiger charge is -2.33. The van der Waals surface area contributed by atoms with E-state index in [-0.39, 0.29) is 5.91 Å². The second kappa shape index (κ2) is 5.90. The number of furan rings is 1. The Hall–Kier alpha value is -1.44. The van der Waals surface area contributed by atoms with Crippen LogP contribution in [0, 0.1) is 0 Å². The minimum Gasteiger partial charge on any atom is -0.468 e. The molecule has 0 aromatic carbocycles. The summed E-state index contributed by atoms with van der Waals surface area (Å²) < 4.78 is 5.63. The number of amides is 1. The predicted octanol–water partition coefficient (Wildman–Crippen LogP) is 1.74. The number of rotatable bonds is 3. The lowest BCUT2D eigenvalue weighted by Crippen LogP contribution is -2.48. The summed E-state index contributed by atoms with van der Waals surface area (Å²) >= 11 is 6.82. The topological polar surface area (TPSA) is 62.5 Å². The van der Waals surface area contributed by atoms with E-state index in [4.69, 9.17) is 16.0 Å². The van der Waals surface area contributed by atoms with Gasteiger partial charge in [0.1, 0.15) is 5.76 Å². The number of hydrogen-bond acceptors (Lipinski definition) is 6. The first-order valence-electron chi connectivity index (χ1n) is 6.25. The van der Waals surface area contributed by atoms with E-state index in [1.807, 2.05) is 12.1 Å². The van der Waals surface area contributed by atoms with Gasteiger partial charge >= 0.3 is 0 Å². The Bertz CT molecular complexity index is 578. The van der Waals surface area contributed by atoms with Crippen LogP contribution in [-0.2, 0) is 6.54 Å². The van der Waals surface area contributed by atoms with E-state index < -0.39 is 0 Å². The van der Waals surface area contributed by atoms with Crippen LogP contribution in [0.15, 0.2) is 22.8 Å². The van der Waals surface area contributed by atoms with Gasteiger partial charge in [-0.3, -0.25) is 9.69 Å². The van der Waals surface area contributed by atoms with E-state index in [0.717, 1.165) is 36.7 Å². The number of aromatic nitrogens is 2. The van der Waals surface area contributed by atoms with Gasteiger partial charge in [0.15, 0.2) is 0 Å². The molecule has 2 aromatic heterocycles. The standard InChI is InChI=1S/C12H13ClN4O2S/c13-12-15-14-10(20-12)11(18)17-5-3-16(4-6-17)8-9-2-1-7-19-9/h1-2,7H,3-6,8H2. The summed E-state index contributed by atoms with van der Waals surface area (Å²) in [7, 11) is 0.